The first-order valence-electron chi connectivity index (χ1n) is 4.95. The predicted octanol–water partition coefficient (Wildman–Crippen LogP) is 0.595. The van der Waals surface area contributed by atoms with Gasteiger partial charge in [-0.3, -0.25) is 9.89 Å². The number of nitrogens with one attached hydrogen (secondary N) is 2. The molecule has 1 heterocycles. The highest BCUT2D eigenvalue weighted by Gasteiger charge is 2.14. The summed E-state index contributed by atoms with van der Waals surface area (Å²) in [4.78, 5) is 15.5. The number of nitrogens with zero attached hydrogens (tertiary/aromatic N) is 2. The van der Waals surface area contributed by atoms with E-state index in [-0.39, 0.29) is 17.8 Å². The number of carbonyl (C=O) groups excluding carboxylic acids is 1. The Labute approximate surface area is 100 Å². The number of carbonyl (C=O) groups is 1. The van der Waals surface area contributed by atoms with Crippen molar-refractivity contribution in [2.75, 3.05) is 5.73 Å². The van der Waals surface area contributed by atoms with Crippen LogP contribution in [0.3, 0.4) is 0 Å². The van der Waals surface area contributed by atoms with Crippen molar-refractivity contribution in [2.45, 2.75) is 6.54 Å². The van der Waals surface area contributed by atoms with Crippen molar-refractivity contribution >= 4 is 11.6 Å². The Hall–Kier alpha value is -2.51. The Kier molecular flexibility index (Phi) is 3.18. The lowest BCUT2D eigenvalue weighted by Crippen LogP contribution is -2.24. The van der Waals surface area contributed by atoms with Crippen molar-refractivity contribution < 1.29 is 13.6 Å². The van der Waals surface area contributed by atoms with E-state index in [0.29, 0.717) is 5.82 Å². The SMILES string of the molecule is Nc1cc(F)c(F)cc1C(=O)NCc1ncn[nH]1. The summed E-state index contributed by atoms with van der Waals surface area (Å²) in [6.45, 7) is 0.0806. The fraction of sp³-hybridized carbons (Fsp3) is 0.100. The molecule has 0 aliphatic carbocycles. The Bertz CT molecular complexity index is 570. The van der Waals surface area contributed by atoms with Crippen LogP contribution in [-0.4, -0.2) is 21.1 Å². The molecular formula is C10H9F2N5O. The van der Waals surface area contributed by atoms with Crippen molar-refractivity contribution in [1.82, 2.24) is 20.5 Å². The molecule has 8 heteroatoms. The van der Waals surface area contributed by atoms with Gasteiger partial charge in [0.15, 0.2) is 11.6 Å². The molecule has 0 aliphatic heterocycles. The Morgan fingerprint density at radius 3 is 2.78 bits per heavy atom. The van der Waals surface area contributed by atoms with Crippen molar-refractivity contribution in [3.8, 4) is 0 Å². The van der Waals surface area contributed by atoms with Crippen molar-refractivity contribution in [3.63, 3.8) is 0 Å². The summed E-state index contributed by atoms with van der Waals surface area (Å²) in [5.41, 5.74) is 5.17. The fourth-order valence-corrected chi connectivity index (χ4v) is 1.33. The van der Waals surface area contributed by atoms with Gasteiger partial charge in [0.25, 0.3) is 5.91 Å². The monoisotopic (exact) mass is 253 g/mol. The summed E-state index contributed by atoms with van der Waals surface area (Å²) < 4.78 is 25.8. The van der Waals surface area contributed by atoms with Crippen LogP contribution >= 0.6 is 0 Å². The molecule has 1 aromatic carbocycles. The minimum Gasteiger partial charge on any atom is -0.398 e. The van der Waals surface area contributed by atoms with Crippen LogP contribution in [0.1, 0.15) is 16.2 Å². The normalized spacial score (nSPS) is 10.3. The minimum absolute atomic E-state index is 0.0806. The topological polar surface area (TPSA) is 96.7 Å². The maximum atomic E-state index is 13.0. The highest BCUT2D eigenvalue weighted by atomic mass is 19.2. The average Bonchev–Trinajstić information content (AvgIpc) is 2.84. The summed E-state index contributed by atoms with van der Waals surface area (Å²) in [6.07, 6.45) is 1.29. The lowest BCUT2D eigenvalue weighted by Gasteiger charge is -2.06. The number of hydrogen-bond acceptors (Lipinski definition) is 4. The molecule has 0 unspecified atom stereocenters. The lowest BCUT2D eigenvalue weighted by atomic mass is 10.1. The van der Waals surface area contributed by atoms with E-state index in [1.807, 2.05) is 0 Å². The van der Waals surface area contributed by atoms with E-state index in [0.717, 1.165) is 12.1 Å². The van der Waals surface area contributed by atoms with Crippen LogP contribution in [0, 0.1) is 11.6 Å². The van der Waals surface area contributed by atoms with Crippen molar-refractivity contribution in [3.05, 3.63) is 41.5 Å². The number of anilines is 1. The molecule has 2 rings (SSSR count). The Morgan fingerprint density at radius 2 is 2.11 bits per heavy atom. The summed E-state index contributed by atoms with van der Waals surface area (Å²) in [7, 11) is 0. The van der Waals surface area contributed by atoms with Crippen LogP contribution in [0.2, 0.25) is 0 Å². The zero-order chi connectivity index (χ0) is 13.1. The van der Waals surface area contributed by atoms with Gasteiger partial charge in [0, 0.05) is 11.8 Å². The fourth-order valence-electron chi connectivity index (χ4n) is 1.33. The molecule has 0 saturated carbocycles. The van der Waals surface area contributed by atoms with Gasteiger partial charge in [-0.2, -0.15) is 5.10 Å². The second-order valence-corrected chi connectivity index (χ2v) is 3.47. The van der Waals surface area contributed by atoms with Crippen LogP contribution < -0.4 is 11.1 Å². The molecule has 1 aromatic heterocycles. The first-order valence-corrected chi connectivity index (χ1v) is 4.95. The Morgan fingerprint density at radius 1 is 1.39 bits per heavy atom. The number of benzene rings is 1. The molecule has 0 fully saturated rings. The Balaban J connectivity index is 2.11. The number of amides is 1. The molecule has 0 atom stereocenters. The summed E-state index contributed by atoms with van der Waals surface area (Å²) in [5.74, 6) is -2.42. The highest BCUT2D eigenvalue weighted by Crippen LogP contribution is 2.16. The molecule has 6 nitrogen and oxygen atoms in total. The number of rotatable bonds is 3. The largest absolute Gasteiger partial charge is 0.398 e. The van der Waals surface area contributed by atoms with Gasteiger partial charge < -0.3 is 11.1 Å². The van der Waals surface area contributed by atoms with E-state index < -0.39 is 17.5 Å². The number of halogens is 2. The first-order chi connectivity index (χ1) is 8.58. The second-order valence-electron chi connectivity index (χ2n) is 3.47. The third-order valence-electron chi connectivity index (χ3n) is 2.22. The molecule has 0 radical (unpaired) electrons. The molecule has 0 saturated heterocycles. The van der Waals surface area contributed by atoms with Crippen LogP contribution in [0.15, 0.2) is 18.5 Å². The number of aromatic nitrogens is 3. The molecule has 0 aliphatic rings. The molecule has 18 heavy (non-hydrogen) atoms. The van der Waals surface area contributed by atoms with Crippen LogP contribution in [0.4, 0.5) is 14.5 Å². The maximum absolute atomic E-state index is 13.0. The number of H-pyrrole nitrogens is 1. The standard InChI is InChI=1S/C10H9F2N5O/c11-6-1-5(8(13)2-7(6)12)10(18)14-3-9-15-4-16-17-9/h1-2,4H,3,13H2,(H,14,18)(H,15,16,17). The van der Waals surface area contributed by atoms with Gasteiger partial charge >= 0.3 is 0 Å². The smallest absolute Gasteiger partial charge is 0.253 e. The lowest BCUT2D eigenvalue weighted by molar-refractivity contribution is 0.0950. The number of aromatic amines is 1. The van der Waals surface area contributed by atoms with Crippen LogP contribution in [0.25, 0.3) is 0 Å². The van der Waals surface area contributed by atoms with Gasteiger partial charge in [-0.25, -0.2) is 13.8 Å². The maximum Gasteiger partial charge on any atom is 0.253 e. The van der Waals surface area contributed by atoms with Gasteiger partial charge in [-0.15, -0.1) is 0 Å². The molecule has 2 aromatic rings. The van der Waals surface area contributed by atoms with E-state index in [9.17, 15) is 13.6 Å². The molecule has 0 spiro atoms. The highest BCUT2D eigenvalue weighted by molar-refractivity contribution is 5.99. The van der Waals surface area contributed by atoms with Gasteiger partial charge in [0.2, 0.25) is 0 Å². The number of hydrogen-bond donors (Lipinski definition) is 3. The van der Waals surface area contributed by atoms with Gasteiger partial charge in [-0.05, 0) is 6.07 Å². The quantitative estimate of drug-likeness (QED) is 0.697. The molecular weight excluding hydrogens is 244 g/mol. The summed E-state index contributed by atoms with van der Waals surface area (Å²) in [6, 6.07) is 1.51. The first kappa shape index (κ1) is 12.0. The van der Waals surface area contributed by atoms with Gasteiger partial charge in [-0.1, -0.05) is 0 Å². The minimum atomic E-state index is -1.13. The number of nitrogens with two attached hydrogens (primary N) is 1. The van der Waals surface area contributed by atoms with Crippen molar-refractivity contribution in [2.24, 2.45) is 0 Å². The second kappa shape index (κ2) is 4.78. The van der Waals surface area contributed by atoms with E-state index in [1.165, 1.54) is 6.33 Å². The van der Waals surface area contributed by atoms with Gasteiger partial charge in [0.1, 0.15) is 12.2 Å². The number of nitrogen functional groups attached to an aromatic ring is 1. The zero-order valence-corrected chi connectivity index (χ0v) is 9.08. The third kappa shape index (κ3) is 2.42. The van der Waals surface area contributed by atoms with E-state index in [2.05, 4.69) is 20.5 Å². The zero-order valence-electron chi connectivity index (χ0n) is 9.08. The summed E-state index contributed by atoms with van der Waals surface area (Å²) in [5, 5.41) is 8.58. The average molecular weight is 253 g/mol. The third-order valence-corrected chi connectivity index (χ3v) is 2.22. The van der Waals surface area contributed by atoms with Crippen LogP contribution in [0.5, 0.6) is 0 Å². The van der Waals surface area contributed by atoms with E-state index in [4.69, 9.17) is 5.73 Å². The summed E-state index contributed by atoms with van der Waals surface area (Å²) >= 11 is 0. The van der Waals surface area contributed by atoms with Gasteiger partial charge in [0.05, 0.1) is 12.1 Å². The molecule has 0 bridgehead atoms. The predicted molar refractivity (Wildman–Crippen MR) is 58.3 cm³/mol. The molecule has 4 N–H and O–H groups in total. The molecule has 1 amide bonds. The van der Waals surface area contributed by atoms with Crippen molar-refractivity contribution in [1.29, 1.82) is 0 Å². The molecule has 94 valence electrons. The van der Waals surface area contributed by atoms with Crippen LogP contribution in [-0.2, 0) is 6.54 Å². The van der Waals surface area contributed by atoms with E-state index in [1.54, 1.807) is 0 Å². The van der Waals surface area contributed by atoms with E-state index >= 15 is 0 Å².